The molecule has 4 heteroatoms. The Labute approximate surface area is 93.1 Å². The van der Waals surface area contributed by atoms with E-state index in [2.05, 4.69) is 5.10 Å². The second-order valence-corrected chi connectivity index (χ2v) is 3.60. The number of carbonyl (C=O) groups is 1. The summed E-state index contributed by atoms with van der Waals surface area (Å²) in [4.78, 5) is 12.0. The van der Waals surface area contributed by atoms with Gasteiger partial charge in [0, 0.05) is 12.6 Å². The van der Waals surface area contributed by atoms with Gasteiger partial charge in [0.2, 0.25) is 5.78 Å². The van der Waals surface area contributed by atoms with Crippen LogP contribution in [-0.4, -0.2) is 20.7 Å². The first kappa shape index (κ1) is 10.4. The summed E-state index contributed by atoms with van der Waals surface area (Å²) in [6.07, 6.45) is 0. The molecule has 0 spiro atoms. The monoisotopic (exact) mass is 216 g/mol. The predicted molar refractivity (Wildman–Crippen MR) is 59.5 cm³/mol. The molecule has 2 rings (SSSR count). The lowest BCUT2D eigenvalue weighted by atomic mass is 10.1. The number of aromatic hydroxyl groups is 1. The van der Waals surface area contributed by atoms with Crippen LogP contribution in [0.4, 0.5) is 0 Å². The molecule has 82 valence electrons. The Morgan fingerprint density at radius 1 is 1.31 bits per heavy atom. The van der Waals surface area contributed by atoms with Gasteiger partial charge in [0.15, 0.2) is 11.4 Å². The van der Waals surface area contributed by atoms with Crippen molar-refractivity contribution in [3.63, 3.8) is 0 Å². The highest BCUT2D eigenvalue weighted by atomic mass is 16.3. The fraction of sp³-hybridized carbons (Fsp3) is 0.167. The number of nitrogens with zero attached hydrogens (tertiary/aromatic N) is 2. The van der Waals surface area contributed by atoms with Crippen LogP contribution in [-0.2, 0) is 7.05 Å². The molecule has 0 aliphatic carbocycles. The topological polar surface area (TPSA) is 55.1 Å². The average Bonchev–Trinajstić information content (AvgIpc) is 2.57. The number of benzene rings is 1. The minimum atomic E-state index is -0.262. The summed E-state index contributed by atoms with van der Waals surface area (Å²) in [6.45, 7) is 1.71. The first-order valence-corrected chi connectivity index (χ1v) is 4.93. The maximum absolute atomic E-state index is 12.0. The zero-order valence-electron chi connectivity index (χ0n) is 9.14. The number of aromatic nitrogens is 2. The average molecular weight is 216 g/mol. The Bertz CT molecular complexity index is 529. The van der Waals surface area contributed by atoms with Crippen molar-refractivity contribution in [3.8, 4) is 5.75 Å². The maximum Gasteiger partial charge on any atom is 0.217 e. The second kappa shape index (κ2) is 3.81. The van der Waals surface area contributed by atoms with E-state index >= 15 is 0 Å². The van der Waals surface area contributed by atoms with E-state index in [9.17, 15) is 9.90 Å². The van der Waals surface area contributed by atoms with E-state index in [0.717, 1.165) is 0 Å². The quantitative estimate of drug-likeness (QED) is 0.777. The number of carbonyl (C=O) groups excluding carboxylic acids is 1. The number of hydrogen-bond acceptors (Lipinski definition) is 3. The number of hydrogen-bond donors (Lipinski definition) is 1. The van der Waals surface area contributed by atoms with Gasteiger partial charge in [-0.1, -0.05) is 30.3 Å². The molecule has 2 aromatic rings. The molecule has 0 unspecified atom stereocenters. The van der Waals surface area contributed by atoms with Gasteiger partial charge in [-0.05, 0) is 6.92 Å². The van der Waals surface area contributed by atoms with Crippen LogP contribution >= 0.6 is 0 Å². The van der Waals surface area contributed by atoms with Gasteiger partial charge in [-0.15, -0.1) is 0 Å². The summed E-state index contributed by atoms with van der Waals surface area (Å²) in [5.74, 6) is -0.307. The van der Waals surface area contributed by atoms with Gasteiger partial charge in [-0.3, -0.25) is 9.48 Å². The molecular formula is C12H12N2O2. The molecule has 0 aliphatic rings. The van der Waals surface area contributed by atoms with Crippen LogP contribution in [0.2, 0.25) is 0 Å². The number of rotatable bonds is 2. The lowest BCUT2D eigenvalue weighted by molar-refractivity contribution is 0.103. The Kier molecular flexibility index (Phi) is 2.48. The van der Waals surface area contributed by atoms with Crippen molar-refractivity contribution < 1.29 is 9.90 Å². The molecule has 0 aliphatic heterocycles. The van der Waals surface area contributed by atoms with Crippen molar-refractivity contribution in [1.82, 2.24) is 9.78 Å². The van der Waals surface area contributed by atoms with Crippen molar-refractivity contribution >= 4 is 5.78 Å². The van der Waals surface area contributed by atoms with E-state index in [1.54, 1.807) is 38.2 Å². The molecule has 0 amide bonds. The normalized spacial score (nSPS) is 10.4. The summed E-state index contributed by atoms with van der Waals surface area (Å²) >= 11 is 0. The highest BCUT2D eigenvalue weighted by molar-refractivity contribution is 6.09. The van der Waals surface area contributed by atoms with Gasteiger partial charge in [-0.2, -0.15) is 5.10 Å². The SMILES string of the molecule is Cc1c(O)c(C(=O)c2ccccc2)nn1C. The van der Waals surface area contributed by atoms with Crippen molar-refractivity contribution in [3.05, 3.63) is 47.3 Å². The fourth-order valence-electron chi connectivity index (χ4n) is 1.48. The van der Waals surface area contributed by atoms with E-state index in [-0.39, 0.29) is 17.2 Å². The third-order valence-corrected chi connectivity index (χ3v) is 2.55. The van der Waals surface area contributed by atoms with Crippen LogP contribution in [0.15, 0.2) is 30.3 Å². The highest BCUT2D eigenvalue weighted by Crippen LogP contribution is 2.22. The summed E-state index contributed by atoms with van der Waals surface area (Å²) < 4.78 is 1.49. The molecule has 1 N–H and O–H groups in total. The molecule has 0 radical (unpaired) electrons. The fourth-order valence-corrected chi connectivity index (χ4v) is 1.48. The smallest absolute Gasteiger partial charge is 0.217 e. The van der Waals surface area contributed by atoms with E-state index in [1.807, 2.05) is 6.07 Å². The molecule has 0 bridgehead atoms. The summed E-state index contributed by atoms with van der Waals surface area (Å²) in [5, 5.41) is 13.7. The van der Waals surface area contributed by atoms with E-state index in [0.29, 0.717) is 11.3 Å². The Balaban J connectivity index is 2.46. The van der Waals surface area contributed by atoms with Gasteiger partial charge in [0.1, 0.15) is 0 Å². The number of ketones is 1. The lowest BCUT2D eigenvalue weighted by Crippen LogP contribution is -2.03. The van der Waals surface area contributed by atoms with Crippen LogP contribution in [0.1, 0.15) is 21.7 Å². The highest BCUT2D eigenvalue weighted by Gasteiger charge is 2.19. The van der Waals surface area contributed by atoms with Crippen LogP contribution in [0.5, 0.6) is 5.75 Å². The Morgan fingerprint density at radius 2 is 1.94 bits per heavy atom. The van der Waals surface area contributed by atoms with Gasteiger partial charge < -0.3 is 5.11 Å². The molecule has 1 aromatic heterocycles. The van der Waals surface area contributed by atoms with E-state index < -0.39 is 0 Å². The molecule has 1 heterocycles. The summed E-state index contributed by atoms with van der Waals surface area (Å²) in [7, 11) is 1.69. The summed E-state index contributed by atoms with van der Waals surface area (Å²) in [6, 6.07) is 8.79. The van der Waals surface area contributed by atoms with Crippen molar-refractivity contribution in [1.29, 1.82) is 0 Å². The molecule has 0 saturated heterocycles. The van der Waals surface area contributed by atoms with Crippen LogP contribution in [0.25, 0.3) is 0 Å². The molecule has 16 heavy (non-hydrogen) atoms. The van der Waals surface area contributed by atoms with Crippen LogP contribution in [0.3, 0.4) is 0 Å². The first-order chi connectivity index (χ1) is 7.61. The maximum atomic E-state index is 12.0. The van der Waals surface area contributed by atoms with Gasteiger partial charge in [0.05, 0.1) is 5.69 Å². The zero-order valence-corrected chi connectivity index (χ0v) is 9.14. The molecule has 0 saturated carbocycles. The lowest BCUT2D eigenvalue weighted by Gasteiger charge is -1.97. The standard InChI is InChI=1S/C12H12N2O2/c1-8-11(15)10(13-14(8)2)12(16)9-6-4-3-5-7-9/h3-7,15H,1-2H3. The third-order valence-electron chi connectivity index (χ3n) is 2.55. The number of aryl methyl sites for hydroxylation is 1. The molecule has 1 aromatic carbocycles. The second-order valence-electron chi connectivity index (χ2n) is 3.60. The van der Waals surface area contributed by atoms with Crippen LogP contribution < -0.4 is 0 Å². The molecule has 0 atom stereocenters. The van der Waals surface area contributed by atoms with Gasteiger partial charge in [-0.25, -0.2) is 0 Å². The minimum Gasteiger partial charge on any atom is -0.504 e. The Hall–Kier alpha value is -2.10. The van der Waals surface area contributed by atoms with Crippen LogP contribution in [0, 0.1) is 6.92 Å². The van der Waals surface area contributed by atoms with E-state index in [1.165, 1.54) is 4.68 Å². The van der Waals surface area contributed by atoms with Crippen molar-refractivity contribution in [2.24, 2.45) is 7.05 Å². The Morgan fingerprint density at radius 3 is 2.44 bits per heavy atom. The first-order valence-electron chi connectivity index (χ1n) is 4.93. The van der Waals surface area contributed by atoms with Gasteiger partial charge >= 0.3 is 0 Å². The molecule has 0 fully saturated rings. The van der Waals surface area contributed by atoms with E-state index in [4.69, 9.17) is 0 Å². The summed E-state index contributed by atoms with van der Waals surface area (Å²) in [5.41, 5.74) is 1.21. The predicted octanol–water partition coefficient (Wildman–Crippen LogP) is 1.67. The molecular weight excluding hydrogens is 204 g/mol. The molecule has 4 nitrogen and oxygen atoms in total. The zero-order chi connectivity index (χ0) is 11.7. The van der Waals surface area contributed by atoms with Crippen molar-refractivity contribution in [2.45, 2.75) is 6.92 Å². The minimum absolute atomic E-state index is 0.0450. The third kappa shape index (κ3) is 1.58. The van der Waals surface area contributed by atoms with Crippen molar-refractivity contribution in [2.75, 3.05) is 0 Å². The van der Waals surface area contributed by atoms with Gasteiger partial charge in [0.25, 0.3) is 0 Å². The largest absolute Gasteiger partial charge is 0.504 e.